The summed E-state index contributed by atoms with van der Waals surface area (Å²) in [5, 5.41) is 13.1. The molecular formula is C15H12F2N2O3. The van der Waals surface area contributed by atoms with E-state index < -0.39 is 16.4 Å². The van der Waals surface area contributed by atoms with E-state index in [1.807, 2.05) is 0 Å². The first-order chi connectivity index (χ1) is 10.5. The Morgan fingerprint density at radius 2 is 1.82 bits per heavy atom. The molecule has 0 saturated heterocycles. The summed E-state index contributed by atoms with van der Waals surface area (Å²) in [5.74, 6) is -1.69. The fourth-order valence-electron chi connectivity index (χ4n) is 1.86. The number of carbonyl (C=O) groups excluding carboxylic acids is 1. The summed E-state index contributed by atoms with van der Waals surface area (Å²) in [6.07, 6.45) is 0.520. The van der Waals surface area contributed by atoms with E-state index in [4.69, 9.17) is 0 Å². The second-order valence-corrected chi connectivity index (χ2v) is 4.60. The van der Waals surface area contributed by atoms with Crippen molar-refractivity contribution in [2.45, 2.75) is 12.8 Å². The average molecular weight is 306 g/mol. The first kappa shape index (κ1) is 15.6. The number of nitro benzene ring substituents is 1. The molecule has 1 amide bonds. The van der Waals surface area contributed by atoms with Crippen molar-refractivity contribution in [1.82, 2.24) is 0 Å². The molecule has 22 heavy (non-hydrogen) atoms. The molecule has 0 aromatic heterocycles. The number of benzene rings is 2. The van der Waals surface area contributed by atoms with E-state index >= 15 is 0 Å². The maximum Gasteiger partial charge on any atom is 0.306 e. The first-order valence-corrected chi connectivity index (χ1v) is 6.44. The number of carbonyl (C=O) groups is 1. The Labute approximate surface area is 124 Å². The monoisotopic (exact) mass is 306 g/mol. The van der Waals surface area contributed by atoms with Gasteiger partial charge in [-0.05, 0) is 36.2 Å². The van der Waals surface area contributed by atoms with Gasteiger partial charge in [0.25, 0.3) is 0 Å². The Kier molecular flexibility index (Phi) is 4.77. The van der Waals surface area contributed by atoms with Crippen LogP contribution in [0, 0.1) is 21.7 Å². The van der Waals surface area contributed by atoms with Gasteiger partial charge in [0.2, 0.25) is 11.7 Å². The van der Waals surface area contributed by atoms with Crippen LogP contribution in [-0.4, -0.2) is 10.8 Å². The summed E-state index contributed by atoms with van der Waals surface area (Å²) in [5.41, 5.74) is 0.246. The molecule has 0 aliphatic heterocycles. The largest absolute Gasteiger partial charge is 0.326 e. The van der Waals surface area contributed by atoms with Crippen molar-refractivity contribution in [2.75, 3.05) is 5.32 Å². The highest BCUT2D eigenvalue weighted by Crippen LogP contribution is 2.21. The van der Waals surface area contributed by atoms with E-state index in [2.05, 4.69) is 5.32 Å². The second kappa shape index (κ2) is 6.75. The van der Waals surface area contributed by atoms with Crippen molar-refractivity contribution < 1.29 is 18.5 Å². The number of amides is 1. The topological polar surface area (TPSA) is 72.2 Å². The molecule has 5 nitrogen and oxygen atoms in total. The third-order valence-corrected chi connectivity index (χ3v) is 2.98. The van der Waals surface area contributed by atoms with Crippen LogP contribution in [0.2, 0.25) is 0 Å². The van der Waals surface area contributed by atoms with Crippen molar-refractivity contribution >= 4 is 17.3 Å². The van der Waals surface area contributed by atoms with Crippen molar-refractivity contribution in [3.63, 3.8) is 0 Å². The number of rotatable bonds is 5. The highest BCUT2D eigenvalue weighted by Gasteiger charge is 2.15. The molecule has 2 aromatic carbocycles. The molecule has 0 fully saturated rings. The fraction of sp³-hybridized carbons (Fsp3) is 0.133. The van der Waals surface area contributed by atoms with Gasteiger partial charge in [0.05, 0.1) is 4.92 Å². The lowest BCUT2D eigenvalue weighted by Gasteiger charge is -2.05. The lowest BCUT2D eigenvalue weighted by molar-refractivity contribution is -0.387. The van der Waals surface area contributed by atoms with Gasteiger partial charge in [-0.1, -0.05) is 12.1 Å². The van der Waals surface area contributed by atoms with Gasteiger partial charge in [0.1, 0.15) is 5.82 Å². The lowest BCUT2D eigenvalue weighted by atomic mass is 10.1. The van der Waals surface area contributed by atoms with Crippen LogP contribution in [0.3, 0.4) is 0 Å². The molecule has 2 rings (SSSR count). The number of nitrogens with one attached hydrogen (secondary N) is 1. The Bertz CT molecular complexity index is 702. The minimum atomic E-state index is -0.964. The standard InChI is InChI=1S/C15H12F2N2O3/c16-11-4-1-10(2-5-11)3-8-15(20)18-12-6-7-13(17)14(9-12)19(21)22/h1-2,4-7,9H,3,8H2,(H,18,20). The van der Waals surface area contributed by atoms with Gasteiger partial charge in [-0.25, -0.2) is 4.39 Å². The van der Waals surface area contributed by atoms with E-state index in [1.165, 1.54) is 18.2 Å². The van der Waals surface area contributed by atoms with Gasteiger partial charge in [-0.15, -0.1) is 0 Å². The van der Waals surface area contributed by atoms with Crippen LogP contribution < -0.4 is 5.32 Å². The number of nitro groups is 1. The molecule has 0 bridgehead atoms. The smallest absolute Gasteiger partial charge is 0.306 e. The summed E-state index contributed by atoms with van der Waals surface area (Å²) < 4.78 is 25.9. The van der Waals surface area contributed by atoms with Gasteiger partial charge in [0.15, 0.2) is 0 Å². The maximum absolute atomic E-state index is 13.2. The van der Waals surface area contributed by atoms with E-state index in [-0.39, 0.29) is 23.8 Å². The van der Waals surface area contributed by atoms with E-state index in [0.717, 1.165) is 17.7 Å². The number of hydrogen-bond acceptors (Lipinski definition) is 3. The average Bonchev–Trinajstić information content (AvgIpc) is 2.48. The third kappa shape index (κ3) is 4.08. The van der Waals surface area contributed by atoms with Gasteiger partial charge in [0, 0.05) is 18.2 Å². The molecule has 1 N–H and O–H groups in total. The van der Waals surface area contributed by atoms with E-state index in [0.29, 0.717) is 6.42 Å². The first-order valence-electron chi connectivity index (χ1n) is 6.44. The van der Waals surface area contributed by atoms with Crippen LogP contribution in [0.1, 0.15) is 12.0 Å². The molecule has 0 unspecified atom stereocenters. The SMILES string of the molecule is O=C(CCc1ccc(F)cc1)Nc1ccc(F)c([N+](=O)[O-])c1. The predicted molar refractivity (Wildman–Crippen MR) is 76.4 cm³/mol. The molecule has 0 atom stereocenters. The van der Waals surface area contributed by atoms with Crippen molar-refractivity contribution in [2.24, 2.45) is 0 Å². The lowest BCUT2D eigenvalue weighted by Crippen LogP contribution is -2.12. The minimum absolute atomic E-state index is 0.122. The van der Waals surface area contributed by atoms with Crippen molar-refractivity contribution in [1.29, 1.82) is 0 Å². The molecular weight excluding hydrogens is 294 g/mol. The van der Waals surface area contributed by atoms with E-state index in [1.54, 1.807) is 12.1 Å². The van der Waals surface area contributed by atoms with Gasteiger partial charge >= 0.3 is 5.69 Å². The van der Waals surface area contributed by atoms with Gasteiger partial charge in [-0.2, -0.15) is 4.39 Å². The third-order valence-electron chi connectivity index (χ3n) is 2.98. The van der Waals surface area contributed by atoms with Gasteiger partial charge in [-0.3, -0.25) is 14.9 Å². The zero-order valence-electron chi connectivity index (χ0n) is 11.4. The normalized spacial score (nSPS) is 10.3. The van der Waals surface area contributed by atoms with E-state index in [9.17, 15) is 23.7 Å². The summed E-state index contributed by atoms with van der Waals surface area (Å²) in [4.78, 5) is 21.5. The minimum Gasteiger partial charge on any atom is -0.326 e. The van der Waals surface area contributed by atoms with Crippen LogP contribution in [-0.2, 0) is 11.2 Å². The fourth-order valence-corrected chi connectivity index (χ4v) is 1.86. The Hall–Kier alpha value is -2.83. The maximum atomic E-state index is 13.2. The Morgan fingerprint density at radius 3 is 2.45 bits per heavy atom. The molecule has 0 radical (unpaired) electrons. The quantitative estimate of drug-likeness (QED) is 0.679. The van der Waals surface area contributed by atoms with Gasteiger partial charge < -0.3 is 5.32 Å². The molecule has 0 spiro atoms. The molecule has 114 valence electrons. The predicted octanol–water partition coefficient (Wildman–Crippen LogP) is 3.44. The molecule has 0 aliphatic rings. The zero-order chi connectivity index (χ0) is 16.1. The summed E-state index contributed by atoms with van der Waals surface area (Å²) >= 11 is 0. The Morgan fingerprint density at radius 1 is 1.14 bits per heavy atom. The number of halogens is 2. The summed E-state index contributed by atoms with van der Waals surface area (Å²) in [6, 6.07) is 8.89. The Balaban J connectivity index is 1.96. The van der Waals surface area contributed by atoms with Crippen LogP contribution in [0.4, 0.5) is 20.2 Å². The van der Waals surface area contributed by atoms with Crippen molar-refractivity contribution in [3.8, 4) is 0 Å². The van der Waals surface area contributed by atoms with Crippen LogP contribution >= 0.6 is 0 Å². The van der Waals surface area contributed by atoms with Crippen LogP contribution in [0.15, 0.2) is 42.5 Å². The highest BCUT2D eigenvalue weighted by molar-refractivity contribution is 5.91. The molecule has 0 heterocycles. The van der Waals surface area contributed by atoms with Crippen molar-refractivity contribution in [3.05, 3.63) is 69.8 Å². The summed E-state index contributed by atoms with van der Waals surface area (Å²) in [6.45, 7) is 0. The van der Waals surface area contributed by atoms with Crippen LogP contribution in [0.25, 0.3) is 0 Å². The number of anilines is 1. The molecule has 7 heteroatoms. The molecule has 0 aliphatic carbocycles. The summed E-state index contributed by atoms with van der Waals surface area (Å²) in [7, 11) is 0. The van der Waals surface area contributed by atoms with Crippen LogP contribution in [0.5, 0.6) is 0 Å². The molecule has 2 aromatic rings. The number of hydrogen-bond donors (Lipinski definition) is 1. The molecule has 0 saturated carbocycles. The number of nitrogens with zero attached hydrogens (tertiary/aromatic N) is 1. The zero-order valence-corrected chi connectivity index (χ0v) is 11.4. The highest BCUT2D eigenvalue weighted by atomic mass is 19.1. The number of aryl methyl sites for hydroxylation is 1. The second-order valence-electron chi connectivity index (χ2n) is 4.60.